The Hall–Kier alpha value is -2.75. The van der Waals surface area contributed by atoms with E-state index in [1.807, 2.05) is 0 Å². The van der Waals surface area contributed by atoms with Gasteiger partial charge in [-0.05, 0) is 12.8 Å². The number of carbonyl (C=O) groups is 2. The molecule has 1 fully saturated rings. The Bertz CT molecular complexity index is 806. The zero-order valence-corrected chi connectivity index (χ0v) is 13.7. The number of nitrogens with two attached hydrogens (primary N) is 1. The summed E-state index contributed by atoms with van der Waals surface area (Å²) in [6.45, 7) is 0. The maximum absolute atomic E-state index is 12.1. The lowest BCUT2D eigenvalue weighted by Crippen LogP contribution is -2.43. The summed E-state index contributed by atoms with van der Waals surface area (Å²) in [5.74, 6) is -1.04. The topological polar surface area (TPSA) is 147 Å². The van der Waals surface area contributed by atoms with Gasteiger partial charge in [-0.3, -0.25) is 9.59 Å². The van der Waals surface area contributed by atoms with Crippen LogP contribution in [0, 0.1) is 0 Å². The number of aromatic nitrogens is 4. The molecule has 10 heteroatoms. The predicted molar refractivity (Wildman–Crippen MR) is 87.4 cm³/mol. The molecule has 134 valence electrons. The number of aliphatic hydroxyl groups excluding tert-OH is 1. The molecule has 3 rings (SSSR count). The standard InChI is InChI=1S/C15H20N6O4/c1-20(10(22)4-5-11(23)24)8-2-3-9(13(8)25)21-7-19-12-14(16)17-6-18-15(12)21/h6-9,13,25H,2-5H2,1H3,(H,23,24)(H2,16,17,18)/t8-,9-,13-/m0/s1. The van der Waals surface area contributed by atoms with Crippen LogP contribution in [0.3, 0.4) is 0 Å². The van der Waals surface area contributed by atoms with Gasteiger partial charge in [0.05, 0.1) is 30.9 Å². The van der Waals surface area contributed by atoms with Crippen molar-refractivity contribution >= 4 is 28.9 Å². The van der Waals surface area contributed by atoms with Gasteiger partial charge in [0.25, 0.3) is 0 Å². The summed E-state index contributed by atoms with van der Waals surface area (Å²) in [6, 6.07) is -0.679. The highest BCUT2D eigenvalue weighted by Gasteiger charge is 2.40. The molecule has 25 heavy (non-hydrogen) atoms. The fourth-order valence-corrected chi connectivity index (χ4v) is 3.35. The first-order valence-electron chi connectivity index (χ1n) is 7.98. The summed E-state index contributed by atoms with van der Waals surface area (Å²) in [7, 11) is 1.59. The normalized spacial score (nSPS) is 23.0. The van der Waals surface area contributed by atoms with Crippen LogP contribution >= 0.6 is 0 Å². The van der Waals surface area contributed by atoms with Crippen molar-refractivity contribution in [3.8, 4) is 0 Å². The fourth-order valence-electron chi connectivity index (χ4n) is 3.35. The third kappa shape index (κ3) is 3.12. The van der Waals surface area contributed by atoms with Gasteiger partial charge in [-0.15, -0.1) is 0 Å². The number of hydrogen-bond acceptors (Lipinski definition) is 7. The molecule has 1 aliphatic rings. The highest BCUT2D eigenvalue weighted by Crippen LogP contribution is 2.35. The molecule has 0 saturated heterocycles. The first-order valence-corrected chi connectivity index (χ1v) is 7.98. The number of aliphatic carboxylic acids is 1. The van der Waals surface area contributed by atoms with Gasteiger partial charge in [-0.2, -0.15) is 0 Å². The van der Waals surface area contributed by atoms with Crippen molar-refractivity contribution < 1.29 is 19.8 Å². The number of rotatable bonds is 5. The van der Waals surface area contributed by atoms with Gasteiger partial charge in [0.2, 0.25) is 5.91 Å². The predicted octanol–water partition coefficient (Wildman–Crippen LogP) is -0.204. The third-order valence-electron chi connectivity index (χ3n) is 4.73. The van der Waals surface area contributed by atoms with E-state index in [0.717, 1.165) is 0 Å². The number of nitrogens with zero attached hydrogens (tertiary/aromatic N) is 5. The Balaban J connectivity index is 1.77. The van der Waals surface area contributed by atoms with Crippen LogP contribution in [0.2, 0.25) is 0 Å². The first kappa shape index (κ1) is 17.1. The molecular formula is C15H20N6O4. The summed E-state index contributed by atoms with van der Waals surface area (Å²) in [6.07, 6.45) is 3.02. The van der Waals surface area contributed by atoms with Gasteiger partial charge in [0.15, 0.2) is 11.5 Å². The van der Waals surface area contributed by atoms with Crippen LogP contribution in [0.5, 0.6) is 0 Å². The Labute approximate surface area is 143 Å². The Morgan fingerprint density at radius 1 is 1.32 bits per heavy atom. The molecule has 0 aromatic carbocycles. The second-order valence-electron chi connectivity index (χ2n) is 6.18. The molecule has 0 bridgehead atoms. The average molecular weight is 348 g/mol. The summed E-state index contributed by atoms with van der Waals surface area (Å²) in [4.78, 5) is 36.5. The zero-order chi connectivity index (χ0) is 18.1. The van der Waals surface area contributed by atoms with Crippen molar-refractivity contribution in [3.63, 3.8) is 0 Å². The molecule has 3 atom stereocenters. The zero-order valence-electron chi connectivity index (χ0n) is 13.7. The van der Waals surface area contributed by atoms with E-state index in [-0.39, 0.29) is 36.7 Å². The van der Waals surface area contributed by atoms with E-state index in [9.17, 15) is 14.7 Å². The average Bonchev–Trinajstić information content (AvgIpc) is 3.16. The van der Waals surface area contributed by atoms with Gasteiger partial charge >= 0.3 is 5.97 Å². The van der Waals surface area contributed by atoms with Crippen LogP contribution in [-0.2, 0) is 9.59 Å². The molecule has 2 aromatic rings. The number of carboxylic acid groups (broad SMARTS) is 1. The maximum Gasteiger partial charge on any atom is 0.303 e. The maximum atomic E-state index is 12.1. The summed E-state index contributed by atoms with van der Waals surface area (Å²) in [5, 5.41) is 19.4. The van der Waals surface area contributed by atoms with E-state index >= 15 is 0 Å². The number of hydrogen-bond donors (Lipinski definition) is 3. The van der Waals surface area contributed by atoms with Crippen molar-refractivity contribution in [2.45, 2.75) is 43.9 Å². The number of nitrogen functional groups attached to an aromatic ring is 1. The van der Waals surface area contributed by atoms with Crippen molar-refractivity contribution in [1.82, 2.24) is 24.4 Å². The summed E-state index contributed by atoms with van der Waals surface area (Å²) < 4.78 is 1.76. The Morgan fingerprint density at radius 2 is 2.08 bits per heavy atom. The first-order chi connectivity index (χ1) is 11.9. The fraction of sp³-hybridized carbons (Fsp3) is 0.533. The lowest BCUT2D eigenvalue weighted by Gasteiger charge is -2.29. The minimum atomic E-state index is -1.02. The van der Waals surface area contributed by atoms with Crippen LogP contribution in [0.1, 0.15) is 31.7 Å². The molecule has 0 radical (unpaired) electrons. The second kappa shape index (κ2) is 6.63. The van der Waals surface area contributed by atoms with Gasteiger partial charge in [-0.25, -0.2) is 15.0 Å². The molecular weight excluding hydrogens is 328 g/mol. The molecule has 10 nitrogen and oxygen atoms in total. The lowest BCUT2D eigenvalue weighted by atomic mass is 10.1. The van der Waals surface area contributed by atoms with E-state index in [0.29, 0.717) is 24.0 Å². The lowest BCUT2D eigenvalue weighted by molar-refractivity contribution is -0.141. The number of imidazole rings is 1. The monoisotopic (exact) mass is 348 g/mol. The molecule has 0 aliphatic heterocycles. The highest BCUT2D eigenvalue weighted by atomic mass is 16.4. The van der Waals surface area contributed by atoms with Gasteiger partial charge < -0.3 is 25.4 Å². The number of carbonyl (C=O) groups excluding carboxylic acids is 1. The second-order valence-corrected chi connectivity index (χ2v) is 6.18. The molecule has 2 aromatic heterocycles. The molecule has 1 saturated carbocycles. The SMILES string of the molecule is CN(C(=O)CCC(=O)O)[C@H]1CC[C@H](n2cnc3c(N)ncnc32)[C@H]1O. The van der Waals surface area contributed by atoms with Crippen LogP contribution < -0.4 is 5.73 Å². The minimum absolute atomic E-state index is 0.0858. The smallest absolute Gasteiger partial charge is 0.303 e. The summed E-state index contributed by atoms with van der Waals surface area (Å²) >= 11 is 0. The third-order valence-corrected chi connectivity index (χ3v) is 4.73. The highest BCUT2D eigenvalue weighted by molar-refractivity contribution is 5.82. The van der Waals surface area contributed by atoms with E-state index < -0.39 is 12.1 Å². The number of fused-ring (bicyclic) bond motifs is 1. The molecule has 1 amide bonds. The quantitative estimate of drug-likeness (QED) is 0.672. The van der Waals surface area contributed by atoms with E-state index in [2.05, 4.69) is 15.0 Å². The number of likely N-dealkylation sites (N-methyl/N-ethyl adjacent to an activating group) is 1. The summed E-state index contributed by atoms with van der Waals surface area (Å²) in [5.41, 5.74) is 6.80. The van der Waals surface area contributed by atoms with Crippen LogP contribution in [0.25, 0.3) is 11.2 Å². The number of aliphatic hydroxyl groups is 1. The van der Waals surface area contributed by atoms with Crippen molar-refractivity contribution in [2.75, 3.05) is 12.8 Å². The number of amides is 1. The molecule has 2 heterocycles. The Kier molecular flexibility index (Phi) is 4.53. The van der Waals surface area contributed by atoms with Crippen LogP contribution in [-0.4, -0.2) is 65.7 Å². The van der Waals surface area contributed by atoms with Crippen molar-refractivity contribution in [1.29, 1.82) is 0 Å². The van der Waals surface area contributed by atoms with Gasteiger partial charge in [0.1, 0.15) is 11.8 Å². The van der Waals surface area contributed by atoms with E-state index in [1.165, 1.54) is 11.2 Å². The van der Waals surface area contributed by atoms with Crippen molar-refractivity contribution in [2.24, 2.45) is 0 Å². The van der Waals surface area contributed by atoms with Crippen LogP contribution in [0.15, 0.2) is 12.7 Å². The van der Waals surface area contributed by atoms with E-state index in [1.54, 1.807) is 17.9 Å². The largest absolute Gasteiger partial charge is 0.481 e. The van der Waals surface area contributed by atoms with Crippen LogP contribution in [0.4, 0.5) is 5.82 Å². The minimum Gasteiger partial charge on any atom is -0.481 e. The number of carboxylic acids is 1. The molecule has 1 aliphatic carbocycles. The Morgan fingerprint density at radius 3 is 2.80 bits per heavy atom. The molecule has 4 N–H and O–H groups in total. The molecule has 0 unspecified atom stereocenters. The number of anilines is 1. The van der Waals surface area contributed by atoms with Gasteiger partial charge in [0, 0.05) is 13.5 Å². The van der Waals surface area contributed by atoms with Crippen molar-refractivity contribution in [3.05, 3.63) is 12.7 Å². The van der Waals surface area contributed by atoms with Gasteiger partial charge in [-0.1, -0.05) is 0 Å². The van der Waals surface area contributed by atoms with E-state index in [4.69, 9.17) is 10.8 Å². The molecule has 0 spiro atoms.